The zero-order valence-electron chi connectivity index (χ0n) is 11.4. The van der Waals surface area contributed by atoms with Gasteiger partial charge in [0, 0.05) is 12.6 Å². The van der Waals surface area contributed by atoms with Crippen LogP contribution in [0.1, 0.15) is 44.6 Å². The fourth-order valence-electron chi connectivity index (χ4n) is 3.19. The molecule has 19 heavy (non-hydrogen) atoms. The average molecular weight is 261 g/mol. The standard InChI is InChI=1S/C16H20FNO/c1-12-4-2-3-11-18(12)15(19)16(9-10-16)13-5-7-14(17)8-6-13/h5-8,12H,2-4,9-11H2,1H3. The number of hydrogen-bond acceptors (Lipinski definition) is 1. The van der Waals surface area contributed by atoms with E-state index in [0.717, 1.165) is 37.8 Å². The average Bonchev–Trinajstić information content (AvgIpc) is 3.21. The van der Waals surface area contributed by atoms with Crippen molar-refractivity contribution < 1.29 is 9.18 Å². The molecule has 2 fully saturated rings. The summed E-state index contributed by atoms with van der Waals surface area (Å²) in [7, 11) is 0. The van der Waals surface area contributed by atoms with Crippen LogP contribution >= 0.6 is 0 Å². The summed E-state index contributed by atoms with van der Waals surface area (Å²) < 4.78 is 13.0. The van der Waals surface area contributed by atoms with E-state index < -0.39 is 0 Å². The van der Waals surface area contributed by atoms with Gasteiger partial charge in [-0.3, -0.25) is 4.79 Å². The van der Waals surface area contributed by atoms with Gasteiger partial charge in [0.15, 0.2) is 0 Å². The number of nitrogens with zero attached hydrogens (tertiary/aromatic N) is 1. The van der Waals surface area contributed by atoms with E-state index in [9.17, 15) is 9.18 Å². The first kappa shape index (κ1) is 12.6. The molecule has 0 bridgehead atoms. The summed E-state index contributed by atoms with van der Waals surface area (Å²) in [6, 6.07) is 6.81. The molecule has 1 aromatic carbocycles. The minimum absolute atomic E-state index is 0.238. The van der Waals surface area contributed by atoms with E-state index in [1.54, 1.807) is 12.1 Å². The Bertz CT molecular complexity index is 478. The van der Waals surface area contributed by atoms with E-state index in [1.165, 1.54) is 18.6 Å². The van der Waals surface area contributed by atoms with Crippen LogP contribution < -0.4 is 0 Å². The quantitative estimate of drug-likeness (QED) is 0.800. The molecule has 0 N–H and O–H groups in total. The molecule has 1 atom stereocenters. The fraction of sp³-hybridized carbons (Fsp3) is 0.562. The lowest BCUT2D eigenvalue weighted by Crippen LogP contribution is -2.47. The van der Waals surface area contributed by atoms with Crippen molar-refractivity contribution in [3.05, 3.63) is 35.6 Å². The lowest BCUT2D eigenvalue weighted by molar-refractivity contribution is -0.137. The van der Waals surface area contributed by atoms with E-state index in [2.05, 4.69) is 6.92 Å². The Kier molecular flexibility index (Phi) is 3.08. The van der Waals surface area contributed by atoms with Gasteiger partial charge in [-0.2, -0.15) is 0 Å². The van der Waals surface area contributed by atoms with Gasteiger partial charge in [0.2, 0.25) is 5.91 Å². The molecule has 0 spiro atoms. The molecule has 1 unspecified atom stereocenters. The Hall–Kier alpha value is -1.38. The molecule has 3 heteroatoms. The molecule has 1 saturated carbocycles. The number of carbonyl (C=O) groups is 1. The Balaban J connectivity index is 1.84. The van der Waals surface area contributed by atoms with Gasteiger partial charge in [0.1, 0.15) is 5.82 Å². The zero-order chi connectivity index (χ0) is 13.5. The highest BCUT2D eigenvalue weighted by molar-refractivity contribution is 5.91. The van der Waals surface area contributed by atoms with E-state index in [-0.39, 0.29) is 17.1 Å². The van der Waals surface area contributed by atoms with Gasteiger partial charge < -0.3 is 4.90 Å². The largest absolute Gasteiger partial charge is 0.339 e. The molecule has 1 heterocycles. The lowest BCUT2D eigenvalue weighted by Gasteiger charge is -2.36. The fourth-order valence-corrected chi connectivity index (χ4v) is 3.19. The monoisotopic (exact) mass is 261 g/mol. The number of halogens is 1. The van der Waals surface area contributed by atoms with Crippen LogP contribution in [0.4, 0.5) is 4.39 Å². The summed E-state index contributed by atoms with van der Waals surface area (Å²) >= 11 is 0. The second-order valence-electron chi connectivity index (χ2n) is 5.93. The van der Waals surface area contributed by atoms with Gasteiger partial charge in [0.05, 0.1) is 5.41 Å². The SMILES string of the molecule is CC1CCCCN1C(=O)C1(c2ccc(F)cc2)CC1. The molecule has 1 saturated heterocycles. The third kappa shape index (κ3) is 2.15. The lowest BCUT2D eigenvalue weighted by atomic mass is 9.92. The van der Waals surface area contributed by atoms with Crippen LogP contribution in [0.15, 0.2) is 24.3 Å². The molecule has 1 aromatic rings. The Morgan fingerprint density at radius 1 is 1.26 bits per heavy atom. The van der Waals surface area contributed by atoms with Crippen molar-refractivity contribution >= 4 is 5.91 Å². The van der Waals surface area contributed by atoms with Crippen LogP contribution in [-0.2, 0) is 10.2 Å². The Morgan fingerprint density at radius 3 is 2.53 bits per heavy atom. The minimum atomic E-state index is -0.348. The van der Waals surface area contributed by atoms with Crippen molar-refractivity contribution in [1.29, 1.82) is 0 Å². The van der Waals surface area contributed by atoms with E-state index in [4.69, 9.17) is 0 Å². The molecule has 1 aliphatic heterocycles. The number of hydrogen-bond donors (Lipinski definition) is 0. The van der Waals surface area contributed by atoms with Gasteiger partial charge in [0.25, 0.3) is 0 Å². The molecule has 1 aliphatic carbocycles. The van der Waals surface area contributed by atoms with Crippen molar-refractivity contribution in [2.24, 2.45) is 0 Å². The number of benzene rings is 1. The van der Waals surface area contributed by atoms with Crippen LogP contribution in [0.5, 0.6) is 0 Å². The first-order valence-electron chi connectivity index (χ1n) is 7.21. The predicted molar refractivity (Wildman–Crippen MR) is 72.3 cm³/mol. The van der Waals surface area contributed by atoms with Crippen LogP contribution in [0.2, 0.25) is 0 Å². The third-order valence-corrected chi connectivity index (χ3v) is 4.62. The van der Waals surface area contributed by atoms with Crippen molar-refractivity contribution in [2.45, 2.75) is 50.5 Å². The molecule has 1 amide bonds. The van der Waals surface area contributed by atoms with Gasteiger partial charge in [-0.05, 0) is 56.7 Å². The molecule has 0 radical (unpaired) electrons. The summed E-state index contributed by atoms with van der Waals surface area (Å²) in [6.07, 6.45) is 5.23. The summed E-state index contributed by atoms with van der Waals surface area (Å²) in [4.78, 5) is 14.9. The summed E-state index contributed by atoms with van der Waals surface area (Å²) in [5.41, 5.74) is 0.635. The molecule has 2 nitrogen and oxygen atoms in total. The van der Waals surface area contributed by atoms with Crippen LogP contribution in [0, 0.1) is 5.82 Å². The first-order valence-corrected chi connectivity index (χ1v) is 7.21. The molecule has 2 aliphatic rings. The van der Waals surface area contributed by atoms with Gasteiger partial charge >= 0.3 is 0 Å². The topological polar surface area (TPSA) is 20.3 Å². The Labute approximate surface area is 113 Å². The highest BCUT2D eigenvalue weighted by atomic mass is 19.1. The second kappa shape index (κ2) is 4.62. The van der Waals surface area contributed by atoms with Gasteiger partial charge in [-0.15, -0.1) is 0 Å². The molecule has 102 valence electrons. The molecular weight excluding hydrogens is 241 g/mol. The molecule has 3 rings (SSSR count). The van der Waals surface area contributed by atoms with Crippen molar-refractivity contribution in [3.8, 4) is 0 Å². The van der Waals surface area contributed by atoms with Crippen LogP contribution in [-0.4, -0.2) is 23.4 Å². The Morgan fingerprint density at radius 2 is 1.95 bits per heavy atom. The maximum absolute atomic E-state index is 13.0. The van der Waals surface area contributed by atoms with Crippen molar-refractivity contribution in [2.75, 3.05) is 6.54 Å². The number of rotatable bonds is 2. The highest BCUT2D eigenvalue weighted by Gasteiger charge is 2.53. The number of piperidine rings is 1. The second-order valence-corrected chi connectivity index (χ2v) is 5.93. The highest BCUT2D eigenvalue weighted by Crippen LogP contribution is 2.50. The molecule has 0 aromatic heterocycles. The van der Waals surface area contributed by atoms with Crippen molar-refractivity contribution in [1.82, 2.24) is 4.90 Å². The third-order valence-electron chi connectivity index (χ3n) is 4.62. The first-order chi connectivity index (χ1) is 9.13. The van der Waals surface area contributed by atoms with Gasteiger partial charge in [-0.25, -0.2) is 4.39 Å². The van der Waals surface area contributed by atoms with E-state index in [1.807, 2.05) is 4.90 Å². The van der Waals surface area contributed by atoms with Crippen LogP contribution in [0.25, 0.3) is 0 Å². The number of carbonyl (C=O) groups excluding carboxylic acids is 1. The molecular formula is C16H20FNO. The van der Waals surface area contributed by atoms with Gasteiger partial charge in [-0.1, -0.05) is 12.1 Å². The summed E-state index contributed by atoms with van der Waals surface area (Å²) in [5.74, 6) is 0.0182. The number of amides is 1. The van der Waals surface area contributed by atoms with Crippen molar-refractivity contribution in [3.63, 3.8) is 0 Å². The maximum Gasteiger partial charge on any atom is 0.233 e. The summed E-state index contributed by atoms with van der Waals surface area (Å²) in [5, 5.41) is 0. The minimum Gasteiger partial charge on any atom is -0.339 e. The summed E-state index contributed by atoms with van der Waals surface area (Å²) in [6.45, 7) is 3.01. The normalized spacial score (nSPS) is 25.2. The maximum atomic E-state index is 13.0. The van der Waals surface area contributed by atoms with Crippen LogP contribution in [0.3, 0.4) is 0 Å². The van der Waals surface area contributed by atoms with E-state index in [0.29, 0.717) is 6.04 Å². The zero-order valence-corrected chi connectivity index (χ0v) is 11.4. The smallest absolute Gasteiger partial charge is 0.233 e. The predicted octanol–water partition coefficient (Wildman–Crippen LogP) is 3.26. The van der Waals surface area contributed by atoms with E-state index >= 15 is 0 Å². The number of likely N-dealkylation sites (tertiary alicyclic amines) is 1.